The van der Waals surface area contributed by atoms with Gasteiger partial charge in [0.25, 0.3) is 11.8 Å². The van der Waals surface area contributed by atoms with Crippen LogP contribution in [0.1, 0.15) is 33.6 Å². The monoisotopic (exact) mass is 553 g/mol. The van der Waals surface area contributed by atoms with Gasteiger partial charge >= 0.3 is 0 Å². The van der Waals surface area contributed by atoms with Crippen LogP contribution in [0.3, 0.4) is 0 Å². The van der Waals surface area contributed by atoms with Gasteiger partial charge in [-0.1, -0.05) is 24.3 Å². The van der Waals surface area contributed by atoms with Crippen molar-refractivity contribution in [2.45, 2.75) is 34.3 Å². The fourth-order valence-corrected chi connectivity index (χ4v) is 5.05. The number of nitrogens with zero attached hydrogens (tertiary/aromatic N) is 2. The van der Waals surface area contributed by atoms with Crippen LogP contribution < -0.4 is 15.0 Å². The number of nitrogens with one attached hydrogen (secondary N) is 1. The van der Waals surface area contributed by atoms with Gasteiger partial charge in [0.1, 0.15) is 23.7 Å². The van der Waals surface area contributed by atoms with Crippen LogP contribution in [0, 0.1) is 33.5 Å². The van der Waals surface area contributed by atoms with Crippen LogP contribution in [0.2, 0.25) is 0 Å². The second-order valence-electron chi connectivity index (χ2n) is 9.75. The molecule has 2 heterocycles. The van der Waals surface area contributed by atoms with Crippen molar-refractivity contribution in [3.63, 3.8) is 0 Å². The summed E-state index contributed by atoms with van der Waals surface area (Å²) < 4.78 is 21.0. The normalized spacial score (nSPS) is 14.6. The van der Waals surface area contributed by atoms with E-state index in [4.69, 9.17) is 17.0 Å². The number of aromatic nitrogens is 1. The maximum Gasteiger partial charge on any atom is 0.270 e. The molecular formula is C32H28FN3O3S. The van der Waals surface area contributed by atoms with Crippen molar-refractivity contribution in [3.05, 3.63) is 118 Å². The third-order valence-electron chi connectivity index (χ3n) is 7.10. The molecule has 0 radical (unpaired) electrons. The number of aryl methyl sites for hydroxylation is 2. The summed E-state index contributed by atoms with van der Waals surface area (Å²) in [6.45, 7) is 8.13. The predicted molar refractivity (Wildman–Crippen MR) is 158 cm³/mol. The van der Waals surface area contributed by atoms with Gasteiger partial charge in [-0.05, 0) is 117 Å². The number of carbonyl (C=O) groups is 2. The molecular weight excluding hydrogens is 525 g/mol. The second-order valence-corrected chi connectivity index (χ2v) is 10.1. The molecule has 0 bridgehead atoms. The summed E-state index contributed by atoms with van der Waals surface area (Å²) in [5.74, 6) is -0.583. The molecule has 1 saturated heterocycles. The highest BCUT2D eigenvalue weighted by Crippen LogP contribution is 2.29. The first kappa shape index (κ1) is 27.0. The number of anilines is 1. The fourth-order valence-electron chi connectivity index (χ4n) is 4.78. The standard InChI is InChI=1S/C32H28FN3O3S/c1-19-6-5-7-29(21(19)3)36-31(38)28(30(37)34-32(36)40)17-24-16-20(2)35(22(24)4)26-12-14-27(15-13-26)39-18-23-8-10-25(33)11-9-23/h5-17H,18H2,1-4H3,(H,34,37,40)/b28-17+. The molecule has 1 aromatic heterocycles. The Morgan fingerprint density at radius 3 is 2.35 bits per heavy atom. The van der Waals surface area contributed by atoms with Crippen LogP contribution in [0.15, 0.2) is 78.4 Å². The Labute approximate surface area is 237 Å². The molecule has 4 aromatic rings. The van der Waals surface area contributed by atoms with Gasteiger partial charge in [-0.25, -0.2) is 4.39 Å². The van der Waals surface area contributed by atoms with Crippen molar-refractivity contribution in [2.24, 2.45) is 0 Å². The molecule has 0 saturated carbocycles. The van der Waals surface area contributed by atoms with Crippen molar-refractivity contribution in [2.75, 3.05) is 4.90 Å². The van der Waals surface area contributed by atoms with Gasteiger partial charge in [-0.2, -0.15) is 0 Å². The van der Waals surface area contributed by atoms with E-state index in [1.54, 1.807) is 18.2 Å². The lowest BCUT2D eigenvalue weighted by Gasteiger charge is -2.30. The number of rotatable bonds is 6. The van der Waals surface area contributed by atoms with E-state index in [1.165, 1.54) is 17.0 Å². The molecule has 2 amide bonds. The predicted octanol–water partition coefficient (Wildman–Crippen LogP) is 6.26. The smallest absolute Gasteiger partial charge is 0.270 e. The minimum absolute atomic E-state index is 0.0132. The van der Waals surface area contributed by atoms with Gasteiger partial charge in [0.05, 0.1) is 5.69 Å². The molecule has 3 aromatic carbocycles. The van der Waals surface area contributed by atoms with Gasteiger partial charge in [-0.15, -0.1) is 0 Å². The Morgan fingerprint density at radius 2 is 1.65 bits per heavy atom. The minimum atomic E-state index is -0.524. The minimum Gasteiger partial charge on any atom is -0.489 e. The Balaban J connectivity index is 1.41. The largest absolute Gasteiger partial charge is 0.489 e. The number of benzene rings is 3. The molecule has 1 fully saturated rings. The van der Waals surface area contributed by atoms with E-state index >= 15 is 0 Å². The number of carbonyl (C=O) groups excluding carboxylic acids is 2. The molecule has 8 heteroatoms. The van der Waals surface area contributed by atoms with E-state index in [0.717, 1.165) is 39.3 Å². The molecule has 5 rings (SSSR count). The molecule has 0 atom stereocenters. The lowest BCUT2D eigenvalue weighted by Crippen LogP contribution is -2.54. The van der Waals surface area contributed by atoms with E-state index in [-0.39, 0.29) is 16.5 Å². The molecule has 6 nitrogen and oxygen atoms in total. The van der Waals surface area contributed by atoms with Crippen LogP contribution in [-0.4, -0.2) is 21.5 Å². The number of halogens is 1. The van der Waals surface area contributed by atoms with Gasteiger partial charge in [0.15, 0.2) is 5.11 Å². The molecule has 0 unspecified atom stereocenters. The van der Waals surface area contributed by atoms with Crippen molar-refractivity contribution in [1.29, 1.82) is 0 Å². The van der Waals surface area contributed by atoms with Crippen LogP contribution in [0.5, 0.6) is 5.75 Å². The first-order valence-corrected chi connectivity index (χ1v) is 13.2. The number of thiocarbonyl (C=S) groups is 1. The van der Waals surface area contributed by atoms with E-state index < -0.39 is 11.8 Å². The van der Waals surface area contributed by atoms with Gasteiger partial charge < -0.3 is 9.30 Å². The van der Waals surface area contributed by atoms with E-state index in [2.05, 4.69) is 9.88 Å². The highest BCUT2D eigenvalue weighted by molar-refractivity contribution is 7.80. The van der Waals surface area contributed by atoms with Crippen LogP contribution in [0.4, 0.5) is 10.1 Å². The third kappa shape index (κ3) is 5.18. The van der Waals surface area contributed by atoms with Crippen molar-refractivity contribution < 1.29 is 18.7 Å². The average Bonchev–Trinajstić information content (AvgIpc) is 3.21. The summed E-state index contributed by atoms with van der Waals surface area (Å²) in [5.41, 5.74) is 6.94. The van der Waals surface area contributed by atoms with Gasteiger partial charge in [-0.3, -0.25) is 19.8 Å². The average molecular weight is 554 g/mol. The summed E-state index contributed by atoms with van der Waals surface area (Å²) in [4.78, 5) is 27.8. The maximum absolute atomic E-state index is 13.6. The second kappa shape index (κ2) is 10.9. The highest BCUT2D eigenvalue weighted by atomic mass is 32.1. The van der Waals surface area contributed by atoms with E-state index in [9.17, 15) is 14.0 Å². The zero-order chi connectivity index (χ0) is 28.6. The lowest BCUT2D eigenvalue weighted by atomic mass is 10.0. The molecule has 40 heavy (non-hydrogen) atoms. The molecule has 0 spiro atoms. The van der Waals surface area contributed by atoms with Crippen molar-refractivity contribution >= 4 is 40.9 Å². The zero-order valence-electron chi connectivity index (χ0n) is 22.6. The summed E-state index contributed by atoms with van der Waals surface area (Å²) in [7, 11) is 0. The summed E-state index contributed by atoms with van der Waals surface area (Å²) in [6.07, 6.45) is 1.62. The Kier molecular flexibility index (Phi) is 7.36. The molecule has 1 aliphatic rings. The summed E-state index contributed by atoms with van der Waals surface area (Å²) in [5, 5.41) is 2.73. The van der Waals surface area contributed by atoms with Crippen molar-refractivity contribution in [1.82, 2.24) is 9.88 Å². The lowest BCUT2D eigenvalue weighted by molar-refractivity contribution is -0.122. The Morgan fingerprint density at radius 1 is 0.950 bits per heavy atom. The maximum atomic E-state index is 13.6. The molecule has 1 N–H and O–H groups in total. The Hall–Kier alpha value is -4.56. The van der Waals surface area contributed by atoms with Gasteiger partial charge in [0, 0.05) is 17.1 Å². The molecule has 202 valence electrons. The van der Waals surface area contributed by atoms with Crippen LogP contribution >= 0.6 is 12.2 Å². The highest BCUT2D eigenvalue weighted by Gasteiger charge is 2.35. The van der Waals surface area contributed by atoms with Crippen molar-refractivity contribution in [3.8, 4) is 11.4 Å². The number of amides is 2. The molecule has 1 aliphatic heterocycles. The van der Waals surface area contributed by atoms with Gasteiger partial charge in [0.2, 0.25) is 0 Å². The number of ether oxygens (including phenoxy) is 1. The van der Waals surface area contributed by atoms with E-state index in [1.807, 2.05) is 76.2 Å². The topological polar surface area (TPSA) is 63.6 Å². The zero-order valence-corrected chi connectivity index (χ0v) is 23.4. The SMILES string of the molecule is Cc1cccc(N2C(=O)/C(=C/c3cc(C)n(-c4ccc(OCc5ccc(F)cc5)cc4)c3C)C(=O)NC2=S)c1C. The van der Waals surface area contributed by atoms with Crippen LogP contribution in [0.25, 0.3) is 11.8 Å². The first-order chi connectivity index (χ1) is 19.1. The van der Waals surface area contributed by atoms with Crippen LogP contribution in [-0.2, 0) is 16.2 Å². The van der Waals surface area contributed by atoms with E-state index in [0.29, 0.717) is 18.0 Å². The number of hydrogen-bond donors (Lipinski definition) is 1. The fraction of sp³-hybridized carbons (Fsp3) is 0.156. The number of hydrogen-bond acceptors (Lipinski definition) is 4. The Bertz CT molecular complexity index is 1670. The summed E-state index contributed by atoms with van der Waals surface area (Å²) in [6, 6.07) is 21.4. The first-order valence-electron chi connectivity index (χ1n) is 12.8. The quantitative estimate of drug-likeness (QED) is 0.174. The third-order valence-corrected chi connectivity index (χ3v) is 7.39. The molecule has 0 aliphatic carbocycles. The summed E-state index contributed by atoms with van der Waals surface area (Å²) >= 11 is 5.38.